The maximum absolute atomic E-state index is 13.0. The first-order chi connectivity index (χ1) is 9.99. The van der Waals surface area contributed by atoms with Gasteiger partial charge in [-0.15, -0.1) is 12.4 Å². The van der Waals surface area contributed by atoms with E-state index in [0.717, 1.165) is 0 Å². The lowest BCUT2D eigenvalue weighted by atomic mass is 9.90. The smallest absolute Gasteiger partial charge is 0.243 e. The van der Waals surface area contributed by atoms with Gasteiger partial charge in [-0.2, -0.15) is 0 Å². The lowest BCUT2D eigenvalue weighted by Crippen LogP contribution is -2.57. The van der Waals surface area contributed by atoms with E-state index in [1.54, 1.807) is 6.07 Å². The van der Waals surface area contributed by atoms with E-state index in [9.17, 15) is 14.0 Å². The summed E-state index contributed by atoms with van der Waals surface area (Å²) in [5, 5.41) is 5.00. The third kappa shape index (κ3) is 4.94. The van der Waals surface area contributed by atoms with Gasteiger partial charge in [-0.1, -0.05) is 6.07 Å². The maximum Gasteiger partial charge on any atom is 0.243 e. The molecule has 2 amide bonds. The molecule has 0 atom stereocenters. The standard InChI is InChI=1S/C14H18FN3O3.ClH/c15-10-2-1-3-11(8-10)18-12(19)9-17-13(20)14(16)4-6-21-7-5-14;/h1-3,8H,4-7,9,16H2,(H,17,20)(H,18,19);1H. The molecule has 0 unspecified atom stereocenters. The van der Waals surface area contributed by atoms with Crippen LogP contribution in [0.2, 0.25) is 0 Å². The zero-order valence-electron chi connectivity index (χ0n) is 11.9. The maximum atomic E-state index is 13.0. The van der Waals surface area contributed by atoms with Crippen molar-refractivity contribution in [3.63, 3.8) is 0 Å². The van der Waals surface area contributed by atoms with Crippen molar-refractivity contribution in [1.82, 2.24) is 5.32 Å². The Bertz CT molecular complexity index is 536. The average molecular weight is 332 g/mol. The first kappa shape index (κ1) is 18.3. The molecule has 0 saturated carbocycles. The Hall–Kier alpha value is -1.70. The molecule has 6 nitrogen and oxygen atoms in total. The molecule has 0 spiro atoms. The van der Waals surface area contributed by atoms with Crippen molar-refractivity contribution in [2.24, 2.45) is 5.73 Å². The largest absolute Gasteiger partial charge is 0.381 e. The van der Waals surface area contributed by atoms with Crippen LogP contribution in [0.25, 0.3) is 0 Å². The van der Waals surface area contributed by atoms with Gasteiger partial charge in [0.25, 0.3) is 0 Å². The van der Waals surface area contributed by atoms with Gasteiger partial charge in [0, 0.05) is 18.9 Å². The summed E-state index contributed by atoms with van der Waals surface area (Å²) in [6, 6.07) is 5.52. The van der Waals surface area contributed by atoms with E-state index in [-0.39, 0.29) is 24.9 Å². The van der Waals surface area contributed by atoms with Gasteiger partial charge >= 0.3 is 0 Å². The second-order valence-electron chi connectivity index (χ2n) is 5.01. The van der Waals surface area contributed by atoms with Crippen LogP contribution in [0.5, 0.6) is 0 Å². The van der Waals surface area contributed by atoms with Gasteiger partial charge in [0.2, 0.25) is 11.8 Å². The van der Waals surface area contributed by atoms with E-state index in [1.165, 1.54) is 18.2 Å². The summed E-state index contributed by atoms with van der Waals surface area (Å²) in [5.74, 6) is -1.26. The SMILES string of the molecule is Cl.NC1(C(=O)NCC(=O)Nc2cccc(F)c2)CCOCC1. The Morgan fingerprint density at radius 3 is 2.64 bits per heavy atom. The minimum absolute atomic E-state index is 0. The summed E-state index contributed by atoms with van der Waals surface area (Å²) in [4.78, 5) is 23.7. The van der Waals surface area contributed by atoms with Crippen LogP contribution < -0.4 is 16.4 Å². The quantitative estimate of drug-likeness (QED) is 0.761. The normalized spacial score (nSPS) is 16.3. The predicted octanol–water partition coefficient (Wildman–Crippen LogP) is 0.810. The number of benzene rings is 1. The highest BCUT2D eigenvalue weighted by atomic mass is 35.5. The van der Waals surface area contributed by atoms with Crippen LogP contribution in [0.3, 0.4) is 0 Å². The summed E-state index contributed by atoms with van der Waals surface area (Å²) in [6.07, 6.45) is 0.842. The Labute approximate surface area is 134 Å². The number of anilines is 1. The molecule has 0 radical (unpaired) electrons. The molecule has 22 heavy (non-hydrogen) atoms. The first-order valence-electron chi connectivity index (χ1n) is 6.70. The molecule has 1 aliphatic heterocycles. The Morgan fingerprint density at radius 2 is 2.00 bits per heavy atom. The molecular formula is C14H19ClFN3O3. The number of amides is 2. The van der Waals surface area contributed by atoms with E-state index >= 15 is 0 Å². The van der Waals surface area contributed by atoms with Crippen LogP contribution in [0, 0.1) is 5.82 Å². The summed E-state index contributed by atoms with van der Waals surface area (Å²) in [7, 11) is 0. The molecule has 1 saturated heterocycles. The van der Waals surface area contributed by atoms with Gasteiger partial charge in [0.1, 0.15) is 5.82 Å². The molecule has 1 aromatic carbocycles. The second kappa shape index (κ2) is 8.07. The van der Waals surface area contributed by atoms with Crippen LogP contribution in [-0.4, -0.2) is 37.1 Å². The highest BCUT2D eigenvalue weighted by molar-refractivity contribution is 5.96. The first-order valence-corrected chi connectivity index (χ1v) is 6.70. The minimum Gasteiger partial charge on any atom is -0.381 e. The van der Waals surface area contributed by atoms with Crippen molar-refractivity contribution in [2.45, 2.75) is 18.4 Å². The highest BCUT2D eigenvalue weighted by Gasteiger charge is 2.35. The topological polar surface area (TPSA) is 93.5 Å². The van der Waals surface area contributed by atoms with Crippen LogP contribution in [-0.2, 0) is 14.3 Å². The van der Waals surface area contributed by atoms with Gasteiger partial charge in [0.05, 0.1) is 12.1 Å². The monoisotopic (exact) mass is 331 g/mol. The van der Waals surface area contributed by atoms with Gasteiger partial charge in [0.15, 0.2) is 0 Å². The van der Waals surface area contributed by atoms with Gasteiger partial charge in [-0.3, -0.25) is 9.59 Å². The lowest BCUT2D eigenvalue weighted by molar-refractivity contribution is -0.131. The molecule has 0 aliphatic carbocycles. The molecule has 4 N–H and O–H groups in total. The predicted molar refractivity (Wildman–Crippen MR) is 82.3 cm³/mol. The van der Waals surface area contributed by atoms with Crippen LogP contribution >= 0.6 is 12.4 Å². The molecule has 1 fully saturated rings. The molecule has 1 aliphatic rings. The number of carbonyl (C=O) groups is 2. The zero-order valence-corrected chi connectivity index (χ0v) is 12.7. The minimum atomic E-state index is -0.989. The summed E-state index contributed by atoms with van der Waals surface area (Å²) in [5.41, 5.74) is 5.34. The fourth-order valence-corrected chi connectivity index (χ4v) is 2.07. The number of rotatable bonds is 4. The summed E-state index contributed by atoms with van der Waals surface area (Å²) in [6.45, 7) is 0.647. The van der Waals surface area contributed by atoms with Gasteiger partial charge < -0.3 is 21.1 Å². The van der Waals surface area contributed by atoms with Crippen molar-refractivity contribution in [3.8, 4) is 0 Å². The number of nitrogens with one attached hydrogen (secondary N) is 2. The lowest BCUT2D eigenvalue weighted by Gasteiger charge is -2.31. The average Bonchev–Trinajstić information content (AvgIpc) is 2.45. The third-order valence-corrected chi connectivity index (χ3v) is 3.36. The van der Waals surface area contributed by atoms with Crippen LogP contribution in [0.1, 0.15) is 12.8 Å². The van der Waals surface area contributed by atoms with Gasteiger partial charge in [-0.25, -0.2) is 4.39 Å². The van der Waals surface area contributed by atoms with Crippen molar-refractivity contribution >= 4 is 29.9 Å². The molecule has 0 bridgehead atoms. The molecule has 2 rings (SSSR count). The number of hydrogen-bond donors (Lipinski definition) is 3. The van der Waals surface area contributed by atoms with Crippen molar-refractivity contribution in [3.05, 3.63) is 30.1 Å². The molecule has 1 aromatic rings. The van der Waals surface area contributed by atoms with Gasteiger partial charge in [-0.05, 0) is 31.0 Å². The van der Waals surface area contributed by atoms with E-state index in [1.807, 2.05) is 0 Å². The fourth-order valence-electron chi connectivity index (χ4n) is 2.07. The summed E-state index contributed by atoms with van der Waals surface area (Å²) < 4.78 is 18.1. The van der Waals surface area contributed by atoms with Crippen molar-refractivity contribution in [2.75, 3.05) is 25.1 Å². The van der Waals surface area contributed by atoms with E-state index in [4.69, 9.17) is 10.5 Å². The number of nitrogens with two attached hydrogens (primary N) is 1. The molecular weight excluding hydrogens is 313 g/mol. The molecule has 0 aromatic heterocycles. The number of carbonyl (C=O) groups excluding carboxylic acids is 2. The van der Waals surface area contributed by atoms with E-state index in [0.29, 0.717) is 31.7 Å². The Kier molecular flexibility index (Phi) is 6.73. The second-order valence-corrected chi connectivity index (χ2v) is 5.01. The van der Waals surface area contributed by atoms with Crippen molar-refractivity contribution < 1.29 is 18.7 Å². The summed E-state index contributed by atoms with van der Waals surface area (Å²) >= 11 is 0. The molecule has 122 valence electrons. The number of halogens is 2. The molecule has 1 heterocycles. The van der Waals surface area contributed by atoms with E-state index in [2.05, 4.69) is 10.6 Å². The van der Waals surface area contributed by atoms with Crippen LogP contribution in [0.15, 0.2) is 24.3 Å². The third-order valence-electron chi connectivity index (χ3n) is 3.36. The zero-order chi connectivity index (χ0) is 15.3. The Balaban J connectivity index is 0.00000242. The van der Waals surface area contributed by atoms with E-state index < -0.39 is 17.3 Å². The Morgan fingerprint density at radius 1 is 1.32 bits per heavy atom. The van der Waals surface area contributed by atoms with Crippen molar-refractivity contribution in [1.29, 1.82) is 0 Å². The number of hydrogen-bond acceptors (Lipinski definition) is 4. The van der Waals surface area contributed by atoms with Crippen LogP contribution in [0.4, 0.5) is 10.1 Å². The molecule has 8 heteroatoms. The fraction of sp³-hybridized carbons (Fsp3) is 0.429. The highest BCUT2D eigenvalue weighted by Crippen LogP contribution is 2.17. The number of ether oxygens (including phenoxy) is 1.